The third-order valence-electron chi connectivity index (χ3n) is 7.43. The molecule has 2 heterocycles. The molecule has 1 aliphatic heterocycles. The minimum absolute atomic E-state index is 0.0219. The fraction of sp³-hybridized carbons (Fsp3) is 0.552. The van der Waals surface area contributed by atoms with Crippen LogP contribution in [0.5, 0.6) is 17.2 Å². The molecular weight excluding hydrogens is 582 g/mol. The molecule has 0 bridgehead atoms. The van der Waals surface area contributed by atoms with Crippen LogP contribution in [0.4, 0.5) is 10.5 Å². The number of anilines is 1. The lowest BCUT2D eigenvalue weighted by Crippen LogP contribution is -2.48. The highest BCUT2D eigenvalue weighted by Gasteiger charge is 2.47. The summed E-state index contributed by atoms with van der Waals surface area (Å²) >= 11 is 3.56. The first-order chi connectivity index (χ1) is 18.6. The molecule has 40 heavy (non-hydrogen) atoms. The molecule has 2 aromatic rings. The first-order valence-corrected chi connectivity index (χ1v) is 14.2. The fourth-order valence-corrected chi connectivity index (χ4v) is 5.87. The van der Waals surface area contributed by atoms with Gasteiger partial charge in [0.2, 0.25) is 0 Å². The van der Waals surface area contributed by atoms with Crippen molar-refractivity contribution >= 4 is 33.6 Å². The number of aromatic nitrogens is 1. The summed E-state index contributed by atoms with van der Waals surface area (Å²) < 4.78 is 24.2. The number of hydrogen-bond acceptors (Lipinski definition) is 7. The fourth-order valence-electron chi connectivity index (χ4n) is 5.38. The second kappa shape index (κ2) is 11.0. The molecule has 1 aliphatic carbocycles. The quantitative estimate of drug-likeness (QED) is 0.446. The summed E-state index contributed by atoms with van der Waals surface area (Å²) in [5.41, 5.74) is 0.758. The van der Waals surface area contributed by atoms with E-state index in [1.165, 1.54) is 19.1 Å². The largest absolute Gasteiger partial charge is 0.494 e. The van der Waals surface area contributed by atoms with Crippen LogP contribution in [0.25, 0.3) is 0 Å². The number of carbonyl (C=O) groups excluding carboxylic acids is 2. The predicted molar refractivity (Wildman–Crippen MR) is 155 cm³/mol. The standard InChI is InChI=1S/C29H38BrN3O7/c1-15-13-21(37-8)22(25(34)31-15)33(7)26(35)19-14-20(30)24-23(16(19)2)38-29(6,39-24)17-9-11-18(12-10-17)32-27(36)40-28(3,4)5/h13-14,17-18H,9-12H2,1-8H3,(H,31,34)(H,32,36). The summed E-state index contributed by atoms with van der Waals surface area (Å²) in [5.74, 6) is 0.0853. The Balaban J connectivity index is 1.51. The van der Waals surface area contributed by atoms with Crippen LogP contribution in [0.3, 0.4) is 0 Å². The zero-order chi connectivity index (χ0) is 29.6. The lowest BCUT2D eigenvalue weighted by Gasteiger charge is -2.37. The second-order valence-electron chi connectivity index (χ2n) is 11.7. The van der Waals surface area contributed by atoms with Crippen molar-refractivity contribution in [1.29, 1.82) is 0 Å². The molecule has 2 amide bonds. The number of aryl methyl sites for hydroxylation is 1. The van der Waals surface area contributed by atoms with Crippen molar-refractivity contribution in [1.82, 2.24) is 10.3 Å². The topological polar surface area (TPSA) is 119 Å². The van der Waals surface area contributed by atoms with Gasteiger partial charge >= 0.3 is 6.09 Å². The van der Waals surface area contributed by atoms with E-state index >= 15 is 0 Å². The van der Waals surface area contributed by atoms with Gasteiger partial charge in [-0.25, -0.2) is 4.79 Å². The number of H-pyrrole nitrogens is 1. The average molecular weight is 621 g/mol. The van der Waals surface area contributed by atoms with Crippen molar-refractivity contribution in [2.24, 2.45) is 5.92 Å². The Morgan fingerprint density at radius 3 is 2.35 bits per heavy atom. The van der Waals surface area contributed by atoms with Crippen LogP contribution in [-0.4, -0.2) is 48.6 Å². The minimum Gasteiger partial charge on any atom is -0.494 e. The van der Waals surface area contributed by atoms with Crippen molar-refractivity contribution in [2.75, 3.05) is 19.1 Å². The van der Waals surface area contributed by atoms with E-state index < -0.39 is 23.0 Å². The SMILES string of the molecule is COc1cc(C)[nH]c(=O)c1N(C)C(=O)c1cc(Br)c2c(c1C)OC(C)(C1CCC(NC(=O)OC(C)(C)C)CC1)O2. The summed E-state index contributed by atoms with van der Waals surface area (Å²) in [7, 11) is 3.00. The molecule has 11 heteroatoms. The van der Waals surface area contributed by atoms with E-state index in [1.54, 1.807) is 26.0 Å². The molecule has 0 spiro atoms. The molecule has 1 aromatic heterocycles. The Morgan fingerprint density at radius 2 is 1.75 bits per heavy atom. The summed E-state index contributed by atoms with van der Waals surface area (Å²) in [4.78, 5) is 42.6. The van der Waals surface area contributed by atoms with Gasteiger partial charge < -0.3 is 34.1 Å². The van der Waals surface area contributed by atoms with E-state index in [-0.39, 0.29) is 23.6 Å². The summed E-state index contributed by atoms with van der Waals surface area (Å²) in [6.45, 7) is 11.0. The molecule has 1 saturated carbocycles. The number of halogens is 1. The number of fused-ring (bicyclic) bond motifs is 1. The molecule has 4 rings (SSSR count). The smallest absolute Gasteiger partial charge is 0.407 e. The molecule has 1 unspecified atom stereocenters. The number of pyridine rings is 1. The van der Waals surface area contributed by atoms with Crippen LogP contribution in [0.2, 0.25) is 0 Å². The Hall–Kier alpha value is -3.21. The second-order valence-corrected chi connectivity index (χ2v) is 12.5. The Kier molecular flexibility index (Phi) is 8.18. The number of aromatic amines is 1. The molecule has 0 saturated heterocycles. The third kappa shape index (κ3) is 5.94. The maximum absolute atomic E-state index is 13.7. The Bertz CT molecular complexity index is 1380. The van der Waals surface area contributed by atoms with Gasteiger partial charge in [-0.05, 0) is 82.3 Å². The van der Waals surface area contributed by atoms with Gasteiger partial charge in [0.15, 0.2) is 17.2 Å². The van der Waals surface area contributed by atoms with Crippen molar-refractivity contribution in [3.63, 3.8) is 0 Å². The molecule has 10 nitrogen and oxygen atoms in total. The normalized spacial score (nSPS) is 22.0. The van der Waals surface area contributed by atoms with Crippen molar-refractivity contribution in [3.8, 4) is 17.2 Å². The van der Waals surface area contributed by atoms with E-state index in [1.807, 2.05) is 27.7 Å². The zero-order valence-electron chi connectivity index (χ0n) is 24.3. The number of amides is 2. The number of rotatable bonds is 5. The number of hydrogen-bond donors (Lipinski definition) is 2. The zero-order valence-corrected chi connectivity index (χ0v) is 25.9. The molecule has 1 fully saturated rings. The minimum atomic E-state index is -0.933. The summed E-state index contributed by atoms with van der Waals surface area (Å²) in [5, 5.41) is 2.97. The van der Waals surface area contributed by atoms with Gasteiger partial charge in [-0.3, -0.25) is 9.59 Å². The van der Waals surface area contributed by atoms with Gasteiger partial charge in [-0.2, -0.15) is 0 Å². The Morgan fingerprint density at radius 1 is 1.12 bits per heavy atom. The third-order valence-corrected chi connectivity index (χ3v) is 8.02. The number of ether oxygens (including phenoxy) is 4. The van der Waals surface area contributed by atoms with Crippen LogP contribution in [0, 0.1) is 19.8 Å². The van der Waals surface area contributed by atoms with Crippen LogP contribution in [0.1, 0.15) is 75.0 Å². The maximum atomic E-state index is 13.7. The highest BCUT2D eigenvalue weighted by molar-refractivity contribution is 9.10. The van der Waals surface area contributed by atoms with Crippen LogP contribution in [-0.2, 0) is 4.74 Å². The van der Waals surface area contributed by atoms with E-state index in [2.05, 4.69) is 26.2 Å². The monoisotopic (exact) mass is 619 g/mol. The first-order valence-electron chi connectivity index (χ1n) is 13.4. The van der Waals surface area contributed by atoms with Gasteiger partial charge in [0.1, 0.15) is 11.4 Å². The molecule has 2 N–H and O–H groups in total. The summed E-state index contributed by atoms with van der Waals surface area (Å²) in [6, 6.07) is 3.39. The van der Waals surface area contributed by atoms with Crippen LogP contribution in [0.15, 0.2) is 21.4 Å². The van der Waals surface area contributed by atoms with Crippen molar-refractivity contribution < 1.29 is 28.5 Å². The first kappa shape index (κ1) is 29.8. The summed E-state index contributed by atoms with van der Waals surface area (Å²) in [6.07, 6.45) is 2.70. The number of nitrogens with zero attached hydrogens (tertiary/aromatic N) is 1. The average Bonchev–Trinajstić information content (AvgIpc) is 3.24. The Labute approximate surface area is 242 Å². The number of nitrogens with one attached hydrogen (secondary N) is 2. The number of carbonyl (C=O) groups is 2. The van der Waals surface area contributed by atoms with Gasteiger partial charge in [0.05, 0.1) is 11.6 Å². The predicted octanol–water partition coefficient (Wildman–Crippen LogP) is 5.61. The van der Waals surface area contributed by atoms with Crippen molar-refractivity contribution in [3.05, 3.63) is 43.8 Å². The van der Waals surface area contributed by atoms with Gasteiger partial charge in [0, 0.05) is 48.8 Å². The molecule has 2 aliphatic rings. The van der Waals surface area contributed by atoms with E-state index in [0.29, 0.717) is 38.5 Å². The number of alkyl carbamates (subject to hydrolysis) is 1. The maximum Gasteiger partial charge on any atom is 0.407 e. The van der Waals surface area contributed by atoms with Gasteiger partial charge in [-0.1, -0.05) is 0 Å². The van der Waals surface area contributed by atoms with Crippen molar-refractivity contribution in [2.45, 2.75) is 84.7 Å². The number of methoxy groups -OCH3 is 1. The molecule has 218 valence electrons. The number of benzene rings is 1. The van der Waals surface area contributed by atoms with E-state index in [0.717, 1.165) is 25.7 Å². The van der Waals surface area contributed by atoms with Gasteiger partial charge in [0.25, 0.3) is 17.3 Å². The lowest BCUT2D eigenvalue weighted by molar-refractivity contribution is -0.121. The highest BCUT2D eigenvalue weighted by Crippen LogP contribution is 2.51. The molecule has 1 atom stereocenters. The van der Waals surface area contributed by atoms with E-state index in [4.69, 9.17) is 18.9 Å². The molecular formula is C29H38BrN3O7. The van der Waals surface area contributed by atoms with Gasteiger partial charge in [-0.15, -0.1) is 0 Å². The molecule has 1 aromatic carbocycles. The van der Waals surface area contributed by atoms with E-state index in [9.17, 15) is 14.4 Å². The van der Waals surface area contributed by atoms with Crippen LogP contribution >= 0.6 is 15.9 Å². The highest BCUT2D eigenvalue weighted by atomic mass is 79.9. The van der Waals surface area contributed by atoms with Crippen LogP contribution < -0.4 is 30.0 Å². The lowest BCUT2D eigenvalue weighted by atomic mass is 9.81. The molecule has 0 radical (unpaired) electrons.